The third-order valence-electron chi connectivity index (χ3n) is 7.92. The van der Waals surface area contributed by atoms with Crippen LogP contribution < -0.4 is 30.3 Å². The number of hydrazone groups is 1. The number of urea groups is 1. The van der Waals surface area contributed by atoms with Gasteiger partial charge in [-0.05, 0) is 93.4 Å². The van der Waals surface area contributed by atoms with E-state index in [9.17, 15) is 18.8 Å². The quantitative estimate of drug-likeness (QED) is 0.0955. The number of carbonyl (C=O) groups is 3. The lowest BCUT2D eigenvalue weighted by Crippen LogP contribution is -2.45. The molecular formula is C37H38FN5O7. The number of aryl methyl sites for hydroxylation is 1. The highest BCUT2D eigenvalue weighted by molar-refractivity contribution is 5.95. The van der Waals surface area contributed by atoms with Crippen molar-refractivity contribution < 1.29 is 37.7 Å². The zero-order valence-corrected chi connectivity index (χ0v) is 28.3. The van der Waals surface area contributed by atoms with E-state index < -0.39 is 23.9 Å². The molecule has 12 nitrogen and oxygen atoms in total. The lowest BCUT2D eigenvalue weighted by Gasteiger charge is -2.28. The number of halogens is 1. The minimum Gasteiger partial charge on any atom is -0.493 e. The Morgan fingerprint density at radius 2 is 1.72 bits per heavy atom. The monoisotopic (exact) mass is 683 g/mol. The van der Waals surface area contributed by atoms with Crippen LogP contribution in [0.15, 0.2) is 89.2 Å². The average molecular weight is 684 g/mol. The smallest absolute Gasteiger partial charge is 0.338 e. The number of hydrogen-bond acceptors (Lipinski definition) is 8. The molecule has 3 N–H and O–H groups in total. The van der Waals surface area contributed by atoms with Crippen molar-refractivity contribution in [3.05, 3.63) is 118 Å². The molecule has 0 aliphatic carbocycles. The van der Waals surface area contributed by atoms with Gasteiger partial charge < -0.3 is 34.1 Å². The van der Waals surface area contributed by atoms with E-state index in [2.05, 4.69) is 25.7 Å². The van der Waals surface area contributed by atoms with E-state index in [-0.39, 0.29) is 30.4 Å². The van der Waals surface area contributed by atoms with Crippen LogP contribution in [0.25, 0.3) is 5.69 Å². The molecule has 0 fully saturated rings. The Hall–Kier alpha value is -6.11. The van der Waals surface area contributed by atoms with Crippen molar-refractivity contribution in [1.29, 1.82) is 0 Å². The lowest BCUT2D eigenvalue weighted by molar-refractivity contribution is -0.139. The van der Waals surface area contributed by atoms with Gasteiger partial charge in [-0.3, -0.25) is 4.79 Å². The Labute approximate surface area is 288 Å². The van der Waals surface area contributed by atoms with E-state index in [0.29, 0.717) is 29.4 Å². The summed E-state index contributed by atoms with van der Waals surface area (Å²) in [6.45, 7) is 7.41. The fourth-order valence-electron chi connectivity index (χ4n) is 5.51. The number of rotatable bonds is 13. The minimum absolute atomic E-state index is 0.178. The molecule has 5 rings (SSSR count). The van der Waals surface area contributed by atoms with Crippen molar-refractivity contribution in [1.82, 2.24) is 20.6 Å². The fourth-order valence-corrected chi connectivity index (χ4v) is 5.51. The molecule has 13 heteroatoms. The first-order valence-electron chi connectivity index (χ1n) is 15.8. The molecule has 0 saturated carbocycles. The second-order valence-corrected chi connectivity index (χ2v) is 11.4. The van der Waals surface area contributed by atoms with Crippen molar-refractivity contribution in [2.24, 2.45) is 5.10 Å². The van der Waals surface area contributed by atoms with Gasteiger partial charge in [0.25, 0.3) is 5.91 Å². The van der Waals surface area contributed by atoms with Crippen molar-refractivity contribution in [2.45, 2.75) is 40.3 Å². The molecule has 0 unspecified atom stereocenters. The van der Waals surface area contributed by atoms with Gasteiger partial charge in [0.05, 0.1) is 31.5 Å². The number of nitrogens with zero attached hydrogens (tertiary/aromatic N) is 2. The van der Waals surface area contributed by atoms with Gasteiger partial charge in [-0.15, -0.1) is 0 Å². The van der Waals surface area contributed by atoms with Crippen LogP contribution in [0.3, 0.4) is 0 Å². The highest BCUT2D eigenvalue weighted by Gasteiger charge is 2.32. The van der Waals surface area contributed by atoms with Crippen molar-refractivity contribution in [2.75, 3.05) is 20.3 Å². The summed E-state index contributed by atoms with van der Waals surface area (Å²) < 4.78 is 37.4. The van der Waals surface area contributed by atoms with Crippen molar-refractivity contribution >= 4 is 24.1 Å². The van der Waals surface area contributed by atoms with Crippen LogP contribution in [0.2, 0.25) is 0 Å². The first-order chi connectivity index (χ1) is 24.1. The summed E-state index contributed by atoms with van der Waals surface area (Å²) in [7, 11) is 1.44. The van der Waals surface area contributed by atoms with Crippen LogP contribution >= 0.6 is 0 Å². The van der Waals surface area contributed by atoms with Gasteiger partial charge in [-0.1, -0.05) is 18.2 Å². The number of hydrogen-bond donors (Lipinski definition) is 3. The van der Waals surface area contributed by atoms with Crippen molar-refractivity contribution in [3.63, 3.8) is 0 Å². The van der Waals surface area contributed by atoms with Crippen LogP contribution in [0.4, 0.5) is 9.18 Å². The average Bonchev–Trinajstić information content (AvgIpc) is 3.38. The Morgan fingerprint density at radius 1 is 0.980 bits per heavy atom. The van der Waals surface area contributed by atoms with Crippen LogP contribution in [0, 0.1) is 19.7 Å². The zero-order chi connectivity index (χ0) is 35.8. The number of aromatic nitrogens is 1. The number of methoxy groups -OCH3 is 1. The number of ether oxygens (including phenoxy) is 4. The first kappa shape index (κ1) is 35.2. The number of benzene rings is 3. The summed E-state index contributed by atoms with van der Waals surface area (Å²) in [6, 6.07) is 19.4. The molecule has 50 heavy (non-hydrogen) atoms. The van der Waals surface area contributed by atoms with Gasteiger partial charge in [-0.2, -0.15) is 5.10 Å². The second-order valence-electron chi connectivity index (χ2n) is 11.4. The molecule has 4 aromatic rings. The summed E-state index contributed by atoms with van der Waals surface area (Å²) in [5, 5.41) is 9.46. The van der Waals surface area contributed by atoms with Crippen molar-refractivity contribution in [3.8, 4) is 22.9 Å². The lowest BCUT2D eigenvalue weighted by atomic mass is 9.95. The molecule has 0 spiro atoms. The molecule has 1 aromatic heterocycles. The number of carbonyl (C=O) groups excluding carboxylic acids is 3. The topological polar surface area (TPSA) is 142 Å². The number of nitrogens with one attached hydrogen (secondary N) is 3. The maximum Gasteiger partial charge on any atom is 0.338 e. The summed E-state index contributed by atoms with van der Waals surface area (Å²) in [5.74, 6) is -0.0691. The predicted molar refractivity (Wildman–Crippen MR) is 184 cm³/mol. The van der Waals surface area contributed by atoms with E-state index in [4.69, 9.17) is 18.9 Å². The normalized spacial score (nSPS) is 14.2. The number of amides is 3. The molecule has 0 bridgehead atoms. The van der Waals surface area contributed by atoms with Gasteiger partial charge in [0.15, 0.2) is 18.1 Å². The standard InChI is InChI=1S/C37H38FN5O7/c1-6-48-36(45)34-23(3)40-37(46)41-35(34)26-9-16-31(32(18-26)47-5)50-21-33(44)42-39-19-27-17-22(2)43(24(27)4)29-12-14-30(15-13-29)49-20-25-7-10-28(38)11-8-25/h7-19,35H,6,20-21H2,1-5H3,(H,42,44)(H2,40,41,46)/b39-19+/t35-/m0/s1. The van der Waals surface area contributed by atoms with Gasteiger partial charge in [-0.25, -0.2) is 19.4 Å². The summed E-state index contributed by atoms with van der Waals surface area (Å²) in [5.41, 5.74) is 8.19. The zero-order valence-electron chi connectivity index (χ0n) is 28.3. The highest BCUT2D eigenvalue weighted by Crippen LogP contribution is 2.34. The number of esters is 1. The third kappa shape index (κ3) is 8.29. The van der Waals surface area contributed by atoms with Crippen LogP contribution in [0.5, 0.6) is 17.2 Å². The van der Waals surface area contributed by atoms with Gasteiger partial charge >= 0.3 is 12.0 Å². The molecule has 0 saturated heterocycles. The summed E-state index contributed by atoms with van der Waals surface area (Å²) in [6.07, 6.45) is 1.57. The largest absolute Gasteiger partial charge is 0.493 e. The van der Waals surface area contributed by atoms with E-state index in [0.717, 1.165) is 28.2 Å². The second kappa shape index (κ2) is 15.9. The van der Waals surface area contributed by atoms with E-state index in [1.54, 1.807) is 50.4 Å². The third-order valence-corrected chi connectivity index (χ3v) is 7.92. The number of allylic oxidation sites excluding steroid dienone is 1. The molecule has 1 atom stereocenters. The first-order valence-corrected chi connectivity index (χ1v) is 15.8. The molecule has 3 amide bonds. The van der Waals surface area contributed by atoms with Gasteiger partial charge in [0, 0.05) is 28.3 Å². The minimum atomic E-state index is -0.780. The van der Waals surface area contributed by atoms with E-state index in [1.165, 1.54) is 19.2 Å². The molecule has 1 aliphatic heterocycles. The Bertz CT molecular complexity index is 1930. The van der Waals surface area contributed by atoms with Gasteiger partial charge in [0.1, 0.15) is 18.2 Å². The van der Waals surface area contributed by atoms with Crippen LogP contribution in [-0.4, -0.2) is 49.0 Å². The molecule has 260 valence electrons. The maximum absolute atomic E-state index is 13.2. The molecular weight excluding hydrogens is 645 g/mol. The Balaban J connectivity index is 1.18. The Morgan fingerprint density at radius 3 is 2.42 bits per heavy atom. The van der Waals surface area contributed by atoms with Gasteiger partial charge in [0.2, 0.25) is 0 Å². The molecule has 0 radical (unpaired) electrons. The van der Waals surface area contributed by atoms with E-state index >= 15 is 0 Å². The molecule has 3 aromatic carbocycles. The molecule has 2 heterocycles. The highest BCUT2D eigenvalue weighted by atomic mass is 19.1. The predicted octanol–water partition coefficient (Wildman–Crippen LogP) is 5.54. The van der Waals surface area contributed by atoms with E-state index in [1.807, 2.05) is 44.2 Å². The Kier molecular flexibility index (Phi) is 11.2. The maximum atomic E-state index is 13.2. The fraction of sp³-hybridized carbons (Fsp3) is 0.243. The SMILES string of the molecule is CCOC(=O)C1=C(C)NC(=O)N[C@H]1c1ccc(OCC(=O)N/N=C/c2cc(C)n(-c3ccc(OCc4ccc(F)cc4)cc3)c2C)c(OC)c1. The summed E-state index contributed by atoms with van der Waals surface area (Å²) in [4.78, 5) is 37.5. The summed E-state index contributed by atoms with van der Waals surface area (Å²) >= 11 is 0. The molecule has 1 aliphatic rings. The van der Waals surface area contributed by atoms with Crippen LogP contribution in [-0.2, 0) is 20.9 Å². The van der Waals surface area contributed by atoms with Crippen LogP contribution in [0.1, 0.15) is 48.0 Å².